The van der Waals surface area contributed by atoms with Gasteiger partial charge in [-0.1, -0.05) is 40.5 Å². The maximum Gasteiger partial charge on any atom is 0.131 e. The number of aryl methyl sites for hydroxylation is 1. The quantitative estimate of drug-likeness (QED) is 0.920. The third-order valence-electron chi connectivity index (χ3n) is 2.90. The van der Waals surface area contributed by atoms with Crippen LogP contribution in [0, 0.1) is 0 Å². The van der Waals surface area contributed by atoms with Crippen molar-refractivity contribution >= 4 is 33.3 Å². The van der Waals surface area contributed by atoms with Crippen LogP contribution in [0.1, 0.15) is 19.7 Å². The number of nitrogens with zero attached hydrogens (tertiary/aromatic N) is 2. The summed E-state index contributed by atoms with van der Waals surface area (Å²) in [4.78, 5) is 4.60. The Morgan fingerprint density at radius 2 is 2.11 bits per heavy atom. The molecule has 0 fully saturated rings. The third kappa shape index (κ3) is 2.27. The van der Waals surface area contributed by atoms with E-state index in [-0.39, 0.29) is 0 Å². The molecular formula is C13H15BrClN3. The van der Waals surface area contributed by atoms with Crippen molar-refractivity contribution in [1.82, 2.24) is 9.55 Å². The fourth-order valence-corrected chi connectivity index (χ4v) is 2.78. The molecule has 2 aromatic rings. The molecule has 0 radical (unpaired) electrons. The average Bonchev–Trinajstić information content (AvgIpc) is 2.66. The van der Waals surface area contributed by atoms with Crippen molar-refractivity contribution in [2.45, 2.75) is 26.8 Å². The number of benzene rings is 1. The number of nitrogens with two attached hydrogens (primary N) is 1. The molecule has 0 bridgehead atoms. The Labute approximate surface area is 120 Å². The van der Waals surface area contributed by atoms with Gasteiger partial charge < -0.3 is 10.3 Å². The molecule has 0 amide bonds. The molecule has 1 aromatic carbocycles. The molecule has 0 unspecified atom stereocenters. The molecule has 0 aliphatic heterocycles. The smallest absolute Gasteiger partial charge is 0.131 e. The normalized spacial score (nSPS) is 10.9. The topological polar surface area (TPSA) is 43.8 Å². The largest absolute Gasteiger partial charge is 0.383 e. The summed E-state index contributed by atoms with van der Waals surface area (Å²) in [7, 11) is 0. The highest BCUT2D eigenvalue weighted by molar-refractivity contribution is 9.10. The Kier molecular flexibility index (Phi) is 3.97. The van der Waals surface area contributed by atoms with E-state index in [1.54, 1.807) is 0 Å². The first-order valence-electron chi connectivity index (χ1n) is 5.88. The number of hydrogen-bond donors (Lipinski definition) is 1. The van der Waals surface area contributed by atoms with E-state index in [0.29, 0.717) is 10.8 Å². The predicted octanol–water partition coefficient (Wildman–Crippen LogP) is 4.13. The lowest BCUT2D eigenvalue weighted by atomic mass is 10.1. The van der Waals surface area contributed by atoms with Crippen molar-refractivity contribution in [3.63, 3.8) is 0 Å². The molecule has 0 saturated heterocycles. The molecular weight excluding hydrogens is 314 g/mol. The van der Waals surface area contributed by atoms with E-state index >= 15 is 0 Å². The van der Waals surface area contributed by atoms with Gasteiger partial charge >= 0.3 is 0 Å². The van der Waals surface area contributed by atoms with E-state index in [1.165, 1.54) is 0 Å². The van der Waals surface area contributed by atoms with Gasteiger partial charge in [0.2, 0.25) is 0 Å². The SMILES string of the molecule is CCc1nc(-c2ccc(Br)cc2Cl)c(N)n1CC. The van der Waals surface area contributed by atoms with Crippen LogP contribution in [-0.4, -0.2) is 9.55 Å². The maximum absolute atomic E-state index is 6.25. The molecule has 0 atom stereocenters. The van der Waals surface area contributed by atoms with Crippen LogP contribution in [0.25, 0.3) is 11.3 Å². The number of anilines is 1. The molecule has 1 heterocycles. The van der Waals surface area contributed by atoms with Crippen molar-refractivity contribution in [2.75, 3.05) is 5.73 Å². The number of hydrogen-bond acceptors (Lipinski definition) is 2. The summed E-state index contributed by atoms with van der Waals surface area (Å²) in [5, 5.41) is 0.652. The Morgan fingerprint density at radius 1 is 1.39 bits per heavy atom. The van der Waals surface area contributed by atoms with Gasteiger partial charge in [-0.25, -0.2) is 4.98 Å². The van der Waals surface area contributed by atoms with E-state index in [9.17, 15) is 0 Å². The van der Waals surface area contributed by atoms with Crippen molar-refractivity contribution in [3.05, 3.63) is 33.5 Å². The van der Waals surface area contributed by atoms with Crippen molar-refractivity contribution < 1.29 is 0 Å². The lowest BCUT2D eigenvalue weighted by Gasteiger charge is -2.05. The number of halogens is 2. The fraction of sp³-hybridized carbons (Fsp3) is 0.308. The molecule has 0 saturated carbocycles. The molecule has 96 valence electrons. The van der Waals surface area contributed by atoms with Crippen molar-refractivity contribution in [2.24, 2.45) is 0 Å². The number of imidazole rings is 1. The van der Waals surface area contributed by atoms with Gasteiger partial charge in [0.05, 0.1) is 5.02 Å². The molecule has 0 spiro atoms. The van der Waals surface area contributed by atoms with Crippen LogP contribution in [0.2, 0.25) is 5.02 Å². The Balaban J connectivity index is 2.60. The first-order valence-corrected chi connectivity index (χ1v) is 7.05. The second-order valence-electron chi connectivity index (χ2n) is 3.98. The summed E-state index contributed by atoms with van der Waals surface area (Å²) >= 11 is 9.64. The first kappa shape index (κ1) is 13.4. The van der Waals surface area contributed by atoms with Crippen LogP contribution in [0.5, 0.6) is 0 Å². The van der Waals surface area contributed by atoms with E-state index in [2.05, 4.69) is 34.8 Å². The average molecular weight is 329 g/mol. The van der Waals surface area contributed by atoms with Gasteiger partial charge in [-0.05, 0) is 19.1 Å². The van der Waals surface area contributed by atoms with Gasteiger partial charge in [0.15, 0.2) is 0 Å². The van der Waals surface area contributed by atoms with E-state index in [0.717, 1.165) is 34.5 Å². The molecule has 5 heteroatoms. The molecule has 18 heavy (non-hydrogen) atoms. The summed E-state index contributed by atoms with van der Waals surface area (Å²) in [5.74, 6) is 1.67. The zero-order valence-corrected chi connectivity index (χ0v) is 12.7. The third-order valence-corrected chi connectivity index (χ3v) is 3.71. The highest BCUT2D eigenvalue weighted by Gasteiger charge is 2.16. The maximum atomic E-state index is 6.25. The van der Waals surface area contributed by atoms with Crippen LogP contribution < -0.4 is 5.73 Å². The number of aromatic nitrogens is 2. The number of nitrogen functional groups attached to an aromatic ring is 1. The van der Waals surface area contributed by atoms with E-state index in [4.69, 9.17) is 17.3 Å². The summed E-state index contributed by atoms with van der Waals surface area (Å²) in [6, 6.07) is 5.73. The summed E-state index contributed by atoms with van der Waals surface area (Å²) in [6.07, 6.45) is 0.853. The zero-order chi connectivity index (χ0) is 13.3. The molecule has 0 aliphatic rings. The zero-order valence-electron chi connectivity index (χ0n) is 10.4. The standard InChI is InChI=1S/C13H15BrClN3/c1-3-11-17-12(13(16)18(11)4-2)9-6-5-8(14)7-10(9)15/h5-7H,3-4,16H2,1-2H3. The first-order chi connectivity index (χ1) is 8.58. The molecule has 2 rings (SSSR count). The van der Waals surface area contributed by atoms with E-state index < -0.39 is 0 Å². The van der Waals surface area contributed by atoms with Crippen LogP contribution in [-0.2, 0) is 13.0 Å². The minimum atomic E-state index is 0.652. The number of rotatable bonds is 3. The highest BCUT2D eigenvalue weighted by atomic mass is 79.9. The fourth-order valence-electron chi connectivity index (χ4n) is 2.02. The van der Waals surface area contributed by atoms with Gasteiger partial charge in [-0.15, -0.1) is 0 Å². The predicted molar refractivity (Wildman–Crippen MR) is 79.8 cm³/mol. The molecule has 1 aromatic heterocycles. The van der Waals surface area contributed by atoms with Crippen LogP contribution in [0.4, 0.5) is 5.82 Å². The van der Waals surface area contributed by atoms with Crippen molar-refractivity contribution in [3.8, 4) is 11.3 Å². The molecule has 3 nitrogen and oxygen atoms in total. The minimum absolute atomic E-state index is 0.652. The summed E-state index contributed by atoms with van der Waals surface area (Å²) in [6.45, 7) is 4.95. The Hall–Kier alpha value is -1.00. The Bertz CT molecular complexity index is 578. The lowest BCUT2D eigenvalue weighted by molar-refractivity contribution is 0.713. The van der Waals surface area contributed by atoms with Crippen LogP contribution in [0.3, 0.4) is 0 Å². The second-order valence-corrected chi connectivity index (χ2v) is 5.31. The van der Waals surface area contributed by atoms with Gasteiger partial charge in [0.1, 0.15) is 17.3 Å². The van der Waals surface area contributed by atoms with Gasteiger partial charge in [0, 0.05) is 23.0 Å². The lowest BCUT2D eigenvalue weighted by Crippen LogP contribution is -2.04. The van der Waals surface area contributed by atoms with E-state index in [1.807, 2.05) is 22.8 Å². The summed E-state index contributed by atoms with van der Waals surface area (Å²) < 4.78 is 2.97. The van der Waals surface area contributed by atoms with Gasteiger partial charge in [-0.3, -0.25) is 0 Å². The van der Waals surface area contributed by atoms with Crippen molar-refractivity contribution in [1.29, 1.82) is 0 Å². The second kappa shape index (κ2) is 5.33. The summed E-state index contributed by atoms with van der Waals surface area (Å²) in [5.41, 5.74) is 7.80. The minimum Gasteiger partial charge on any atom is -0.383 e. The van der Waals surface area contributed by atoms with Gasteiger partial charge in [0.25, 0.3) is 0 Å². The molecule has 2 N–H and O–H groups in total. The Morgan fingerprint density at radius 3 is 2.61 bits per heavy atom. The van der Waals surface area contributed by atoms with Crippen LogP contribution in [0.15, 0.2) is 22.7 Å². The monoisotopic (exact) mass is 327 g/mol. The molecule has 0 aliphatic carbocycles. The highest BCUT2D eigenvalue weighted by Crippen LogP contribution is 2.33. The van der Waals surface area contributed by atoms with Gasteiger partial charge in [-0.2, -0.15) is 0 Å². The van der Waals surface area contributed by atoms with Crippen LogP contribution >= 0.6 is 27.5 Å².